The van der Waals surface area contributed by atoms with E-state index in [0.717, 1.165) is 0 Å². The van der Waals surface area contributed by atoms with E-state index in [0.29, 0.717) is 34.7 Å². The molecule has 4 rings (SSSR count). The summed E-state index contributed by atoms with van der Waals surface area (Å²) in [6.45, 7) is 0.332. The molecule has 10 heteroatoms. The normalized spacial score (nSPS) is 18.1. The second kappa shape index (κ2) is 6.90. The maximum absolute atomic E-state index is 13.2. The van der Waals surface area contributed by atoms with Crippen LogP contribution < -0.4 is 10.2 Å². The lowest BCUT2D eigenvalue weighted by atomic mass is 10.1. The van der Waals surface area contributed by atoms with Gasteiger partial charge in [0.1, 0.15) is 17.4 Å². The Morgan fingerprint density at radius 3 is 2.63 bits per heavy atom. The number of alkyl halides is 3. The second-order valence-electron chi connectivity index (χ2n) is 6.10. The molecule has 1 unspecified atom stereocenters. The molecular weight excluding hydrogens is 381 g/mol. The van der Waals surface area contributed by atoms with Crippen molar-refractivity contribution in [3.8, 4) is 11.4 Å². The maximum atomic E-state index is 13.2. The van der Waals surface area contributed by atoms with E-state index in [9.17, 15) is 13.2 Å². The van der Waals surface area contributed by atoms with Crippen LogP contribution in [0, 0.1) is 0 Å². The molecule has 1 fully saturated rings. The number of nitrogens with zero attached hydrogens (tertiary/aromatic N) is 5. The number of piperazine rings is 1. The zero-order valence-corrected chi connectivity index (χ0v) is 14.7. The Bertz CT molecular complexity index is 966. The number of anilines is 1. The summed E-state index contributed by atoms with van der Waals surface area (Å²) in [6, 6.07) is 3.49. The first-order chi connectivity index (χ1) is 12.9. The summed E-state index contributed by atoms with van der Waals surface area (Å²) < 4.78 is 39.6. The van der Waals surface area contributed by atoms with Gasteiger partial charge in [0.2, 0.25) is 0 Å². The predicted molar refractivity (Wildman–Crippen MR) is 95.6 cm³/mol. The van der Waals surface area contributed by atoms with Crippen LogP contribution in [0.5, 0.6) is 0 Å². The van der Waals surface area contributed by atoms with Crippen molar-refractivity contribution in [2.75, 3.05) is 24.5 Å². The fraction of sp³-hybridized carbons (Fsp3) is 0.294. The number of nitrogens with one attached hydrogen (secondary N) is 1. The molecule has 140 valence electrons. The number of rotatable bonds is 2. The average molecular weight is 395 g/mol. The predicted octanol–water partition coefficient (Wildman–Crippen LogP) is 3.08. The van der Waals surface area contributed by atoms with Crippen molar-refractivity contribution < 1.29 is 13.2 Å². The third-order valence-corrected chi connectivity index (χ3v) is 4.64. The number of aromatic nitrogens is 4. The molecule has 1 saturated heterocycles. The highest BCUT2D eigenvalue weighted by Crippen LogP contribution is 2.32. The third kappa shape index (κ3) is 3.52. The van der Waals surface area contributed by atoms with Crippen LogP contribution in [0.15, 0.2) is 36.8 Å². The molecule has 0 aliphatic carbocycles. The SMILES string of the molecule is FC(F)(F)C1CN(c2nc(-c3ccncc3)nc3c(Cl)nccc23)CCN1. The molecule has 0 saturated carbocycles. The fourth-order valence-corrected chi connectivity index (χ4v) is 3.24. The van der Waals surface area contributed by atoms with Crippen molar-refractivity contribution in [3.63, 3.8) is 0 Å². The van der Waals surface area contributed by atoms with Crippen molar-refractivity contribution in [2.24, 2.45) is 0 Å². The summed E-state index contributed by atoms with van der Waals surface area (Å²) in [7, 11) is 0. The molecule has 27 heavy (non-hydrogen) atoms. The Hall–Kier alpha value is -2.52. The fourth-order valence-electron chi connectivity index (χ4n) is 3.04. The maximum Gasteiger partial charge on any atom is 0.405 e. The first-order valence-corrected chi connectivity index (χ1v) is 8.59. The van der Waals surface area contributed by atoms with E-state index < -0.39 is 12.2 Å². The lowest BCUT2D eigenvalue weighted by Crippen LogP contribution is -2.57. The van der Waals surface area contributed by atoms with E-state index in [1.54, 1.807) is 35.5 Å². The average Bonchev–Trinajstić information content (AvgIpc) is 2.68. The van der Waals surface area contributed by atoms with Gasteiger partial charge in [0, 0.05) is 49.2 Å². The molecule has 1 atom stereocenters. The van der Waals surface area contributed by atoms with E-state index in [-0.39, 0.29) is 18.2 Å². The van der Waals surface area contributed by atoms with E-state index in [1.807, 2.05) is 0 Å². The molecule has 1 aliphatic heterocycles. The number of halogens is 4. The van der Waals surface area contributed by atoms with E-state index >= 15 is 0 Å². The van der Waals surface area contributed by atoms with Gasteiger partial charge in [-0.1, -0.05) is 11.6 Å². The van der Waals surface area contributed by atoms with E-state index in [2.05, 4.69) is 25.3 Å². The third-order valence-electron chi connectivity index (χ3n) is 4.36. The monoisotopic (exact) mass is 394 g/mol. The molecule has 0 radical (unpaired) electrons. The molecule has 0 bridgehead atoms. The summed E-state index contributed by atoms with van der Waals surface area (Å²) >= 11 is 6.20. The summed E-state index contributed by atoms with van der Waals surface area (Å²) in [5.41, 5.74) is 1.09. The van der Waals surface area contributed by atoms with Crippen LogP contribution in [0.1, 0.15) is 0 Å². The molecule has 0 spiro atoms. The van der Waals surface area contributed by atoms with Crippen LogP contribution in [0.4, 0.5) is 19.0 Å². The lowest BCUT2D eigenvalue weighted by molar-refractivity contribution is -0.155. The highest BCUT2D eigenvalue weighted by atomic mass is 35.5. The summed E-state index contributed by atoms with van der Waals surface area (Å²) in [4.78, 5) is 18.6. The van der Waals surface area contributed by atoms with Gasteiger partial charge in [-0.2, -0.15) is 13.2 Å². The van der Waals surface area contributed by atoms with Crippen molar-refractivity contribution in [1.29, 1.82) is 0 Å². The minimum Gasteiger partial charge on any atom is -0.353 e. The van der Waals surface area contributed by atoms with Gasteiger partial charge in [-0.15, -0.1) is 0 Å². The van der Waals surface area contributed by atoms with Crippen LogP contribution in [0.2, 0.25) is 5.15 Å². The van der Waals surface area contributed by atoms with E-state index in [4.69, 9.17) is 11.6 Å². The Labute approximate surface area is 157 Å². The second-order valence-corrected chi connectivity index (χ2v) is 6.46. The zero-order chi connectivity index (χ0) is 19.0. The Kier molecular flexibility index (Phi) is 4.56. The molecule has 4 heterocycles. The number of hydrogen-bond acceptors (Lipinski definition) is 6. The highest BCUT2D eigenvalue weighted by Gasteiger charge is 2.42. The summed E-state index contributed by atoms with van der Waals surface area (Å²) in [5, 5.41) is 3.25. The molecule has 0 amide bonds. The van der Waals surface area contributed by atoms with Crippen molar-refractivity contribution in [2.45, 2.75) is 12.2 Å². The first kappa shape index (κ1) is 17.9. The molecule has 3 aromatic rings. The first-order valence-electron chi connectivity index (χ1n) is 8.21. The van der Waals surface area contributed by atoms with E-state index in [1.165, 1.54) is 6.20 Å². The standard InChI is InChI=1S/C17H14ClF3N6/c18-14-13-11(3-6-24-14)16(26-15(25-13)10-1-4-22-5-2-10)27-8-7-23-12(9-27)17(19,20)21/h1-6,12,23H,7-9H2. The topological polar surface area (TPSA) is 66.8 Å². The van der Waals surface area contributed by atoms with Gasteiger partial charge in [0.05, 0.1) is 0 Å². The van der Waals surface area contributed by atoms with Gasteiger partial charge in [-0.25, -0.2) is 15.0 Å². The van der Waals surface area contributed by atoms with Gasteiger partial charge >= 0.3 is 6.18 Å². The number of hydrogen-bond donors (Lipinski definition) is 1. The quantitative estimate of drug-likeness (QED) is 0.674. The largest absolute Gasteiger partial charge is 0.405 e. The Morgan fingerprint density at radius 1 is 1.11 bits per heavy atom. The number of pyridine rings is 2. The van der Waals surface area contributed by atoms with Crippen LogP contribution in [0.25, 0.3) is 22.3 Å². The van der Waals surface area contributed by atoms with Crippen molar-refractivity contribution >= 4 is 28.3 Å². The smallest absolute Gasteiger partial charge is 0.353 e. The minimum atomic E-state index is -4.34. The molecule has 1 aliphatic rings. The number of fused-ring (bicyclic) bond motifs is 1. The van der Waals surface area contributed by atoms with Gasteiger partial charge in [0.25, 0.3) is 0 Å². The Morgan fingerprint density at radius 2 is 1.89 bits per heavy atom. The highest BCUT2D eigenvalue weighted by molar-refractivity contribution is 6.34. The summed E-state index contributed by atoms with van der Waals surface area (Å²) in [6.07, 6.45) is 0.345. The molecule has 6 nitrogen and oxygen atoms in total. The van der Waals surface area contributed by atoms with Gasteiger partial charge < -0.3 is 10.2 Å². The van der Waals surface area contributed by atoms with Crippen LogP contribution in [-0.4, -0.2) is 51.8 Å². The van der Waals surface area contributed by atoms with Crippen LogP contribution in [-0.2, 0) is 0 Å². The molecule has 3 aromatic heterocycles. The van der Waals surface area contributed by atoms with Gasteiger partial charge in [-0.05, 0) is 18.2 Å². The van der Waals surface area contributed by atoms with Crippen molar-refractivity contribution in [3.05, 3.63) is 41.9 Å². The van der Waals surface area contributed by atoms with Crippen LogP contribution >= 0.6 is 11.6 Å². The van der Waals surface area contributed by atoms with Gasteiger partial charge in [0.15, 0.2) is 11.0 Å². The molecular formula is C17H14ClF3N6. The molecule has 0 aromatic carbocycles. The zero-order valence-electron chi connectivity index (χ0n) is 13.9. The summed E-state index contributed by atoms with van der Waals surface area (Å²) in [5.74, 6) is 0.767. The molecule has 1 N–H and O–H groups in total. The lowest BCUT2D eigenvalue weighted by Gasteiger charge is -2.35. The van der Waals surface area contributed by atoms with Crippen LogP contribution in [0.3, 0.4) is 0 Å². The van der Waals surface area contributed by atoms with Gasteiger partial charge in [-0.3, -0.25) is 4.98 Å². The van der Waals surface area contributed by atoms with Crippen molar-refractivity contribution in [1.82, 2.24) is 25.3 Å². The Balaban J connectivity index is 1.85. The minimum absolute atomic E-state index is 0.175.